The van der Waals surface area contributed by atoms with Gasteiger partial charge in [-0.2, -0.15) is 13.2 Å². The topological polar surface area (TPSA) is 122 Å². The molecule has 0 radical (unpaired) electrons. The number of halogens is 3. The molecule has 10 nitrogen and oxygen atoms in total. The lowest BCUT2D eigenvalue weighted by atomic mass is 10.1. The van der Waals surface area contributed by atoms with Gasteiger partial charge in [0.15, 0.2) is 0 Å². The number of ether oxygens (including phenoxy) is 1. The van der Waals surface area contributed by atoms with E-state index in [4.69, 9.17) is 14.6 Å². The lowest BCUT2D eigenvalue weighted by Gasteiger charge is -2.36. The third kappa shape index (κ3) is 4.97. The van der Waals surface area contributed by atoms with Crippen molar-refractivity contribution in [1.82, 2.24) is 24.8 Å². The van der Waals surface area contributed by atoms with Crippen molar-refractivity contribution in [2.45, 2.75) is 18.3 Å². The molecule has 2 fully saturated rings. The summed E-state index contributed by atoms with van der Waals surface area (Å²) >= 11 is 0. The van der Waals surface area contributed by atoms with Gasteiger partial charge in [0.25, 0.3) is 5.91 Å². The summed E-state index contributed by atoms with van der Waals surface area (Å²) in [6, 6.07) is 1.85. The second-order valence-corrected chi connectivity index (χ2v) is 6.32. The number of carboxylic acid groups (broad SMARTS) is 1. The minimum atomic E-state index is -5.08. The number of likely N-dealkylation sites (tertiary alicyclic amines) is 1. The van der Waals surface area contributed by atoms with Crippen molar-refractivity contribution in [2.24, 2.45) is 0 Å². The molecule has 1 amide bonds. The van der Waals surface area contributed by atoms with Crippen LogP contribution in [0, 0.1) is 0 Å². The second kappa shape index (κ2) is 8.98. The third-order valence-corrected chi connectivity index (χ3v) is 4.42. The lowest BCUT2D eigenvalue weighted by molar-refractivity contribution is -0.192. The van der Waals surface area contributed by atoms with Crippen molar-refractivity contribution in [3.63, 3.8) is 0 Å². The number of nitrogens with zero attached hydrogens (tertiary/aromatic N) is 6. The summed E-state index contributed by atoms with van der Waals surface area (Å²) in [4.78, 5) is 42.0. The summed E-state index contributed by atoms with van der Waals surface area (Å²) in [6.07, 6.45) is 2.90. The Balaban J connectivity index is 0.000000318. The highest BCUT2D eigenvalue weighted by molar-refractivity contribution is 5.92. The highest BCUT2D eigenvalue weighted by Gasteiger charge is 2.43. The number of morpholine rings is 1. The van der Waals surface area contributed by atoms with Gasteiger partial charge in [-0.15, -0.1) is 0 Å². The molecule has 0 aliphatic carbocycles. The number of carbonyl (C=O) groups is 2. The maximum Gasteiger partial charge on any atom is 0.490 e. The van der Waals surface area contributed by atoms with Gasteiger partial charge in [0.1, 0.15) is 5.69 Å². The number of anilines is 1. The molecule has 2 aromatic heterocycles. The predicted octanol–water partition coefficient (Wildman–Crippen LogP) is 0.630. The molecule has 160 valence electrons. The quantitative estimate of drug-likeness (QED) is 0.737. The van der Waals surface area contributed by atoms with Crippen LogP contribution in [0.2, 0.25) is 0 Å². The van der Waals surface area contributed by atoms with Gasteiger partial charge in [-0.1, -0.05) is 0 Å². The summed E-state index contributed by atoms with van der Waals surface area (Å²) in [6.45, 7) is 2.44. The van der Waals surface area contributed by atoms with Gasteiger partial charge in [-0.05, 0) is 6.07 Å². The van der Waals surface area contributed by atoms with Crippen LogP contribution in [0.5, 0.6) is 0 Å². The van der Waals surface area contributed by atoms with E-state index in [1.54, 1.807) is 29.6 Å². The number of hydrogen-bond acceptors (Lipinski definition) is 8. The average molecular weight is 426 g/mol. The molecule has 0 aromatic carbocycles. The Labute approximate surface area is 168 Å². The van der Waals surface area contributed by atoms with Crippen molar-refractivity contribution < 1.29 is 32.6 Å². The third-order valence-electron chi connectivity index (χ3n) is 4.42. The first-order valence-corrected chi connectivity index (χ1v) is 8.78. The molecule has 2 aromatic rings. The van der Waals surface area contributed by atoms with Crippen molar-refractivity contribution in [2.75, 3.05) is 31.1 Å². The van der Waals surface area contributed by atoms with Crippen LogP contribution in [0.4, 0.5) is 19.1 Å². The van der Waals surface area contributed by atoms with E-state index < -0.39 is 12.1 Å². The fraction of sp³-hybridized carbons (Fsp3) is 0.412. The average Bonchev–Trinajstić information content (AvgIpc) is 3.18. The summed E-state index contributed by atoms with van der Waals surface area (Å²) in [5.74, 6) is -2.20. The van der Waals surface area contributed by atoms with Crippen LogP contribution in [-0.4, -0.2) is 86.4 Å². The Morgan fingerprint density at radius 1 is 1.10 bits per heavy atom. The van der Waals surface area contributed by atoms with Crippen molar-refractivity contribution in [3.8, 4) is 0 Å². The van der Waals surface area contributed by atoms with E-state index in [2.05, 4.69) is 24.8 Å². The maximum absolute atomic E-state index is 12.6. The van der Waals surface area contributed by atoms with Crippen LogP contribution in [0.15, 0.2) is 37.1 Å². The van der Waals surface area contributed by atoms with Gasteiger partial charge in [0, 0.05) is 44.4 Å². The van der Waals surface area contributed by atoms with Crippen LogP contribution in [0.25, 0.3) is 0 Å². The number of carboxylic acids is 1. The number of hydrogen-bond donors (Lipinski definition) is 1. The summed E-state index contributed by atoms with van der Waals surface area (Å²) in [7, 11) is 0. The van der Waals surface area contributed by atoms with E-state index in [-0.39, 0.29) is 18.1 Å². The predicted molar refractivity (Wildman–Crippen MR) is 94.5 cm³/mol. The number of fused-ring (bicyclic) bond motifs is 1. The highest BCUT2D eigenvalue weighted by Crippen LogP contribution is 2.26. The summed E-state index contributed by atoms with van der Waals surface area (Å²) in [5.41, 5.74) is 0.355. The SMILES string of the molecule is O=C(O)C(F)(F)F.O=C(c1cnccn1)N1C[C@@H]2OCCN(c3ncccn3)[C@@H]2C1. The number of carbonyl (C=O) groups excluding carboxylic acids is 1. The van der Waals surface area contributed by atoms with Crippen LogP contribution in [0.3, 0.4) is 0 Å². The van der Waals surface area contributed by atoms with Gasteiger partial charge in [0.2, 0.25) is 5.95 Å². The molecule has 0 bridgehead atoms. The van der Waals surface area contributed by atoms with Gasteiger partial charge < -0.3 is 19.6 Å². The zero-order valence-electron chi connectivity index (χ0n) is 15.4. The van der Waals surface area contributed by atoms with Gasteiger partial charge in [-0.25, -0.2) is 19.7 Å². The molecule has 1 N–H and O–H groups in total. The van der Waals surface area contributed by atoms with E-state index in [9.17, 15) is 18.0 Å². The van der Waals surface area contributed by atoms with E-state index in [0.717, 1.165) is 6.54 Å². The molecule has 2 saturated heterocycles. The first-order chi connectivity index (χ1) is 14.3. The zero-order chi connectivity index (χ0) is 21.7. The molecule has 0 unspecified atom stereocenters. The second-order valence-electron chi connectivity index (χ2n) is 6.32. The standard InChI is InChI=1S/C15H16N6O2.C2HF3O2/c22-14(11-8-16-4-5-17-11)20-9-12-13(10-20)23-7-6-21(12)15-18-2-1-3-19-15;3-2(4,5)1(6)7/h1-5,8,12-13H,6-7,9-10H2;(H,6,7)/t12-,13+;/m1./s1. The maximum atomic E-state index is 12.6. The largest absolute Gasteiger partial charge is 0.490 e. The molecule has 0 saturated carbocycles. The van der Waals surface area contributed by atoms with Crippen molar-refractivity contribution in [3.05, 3.63) is 42.7 Å². The van der Waals surface area contributed by atoms with Gasteiger partial charge >= 0.3 is 12.1 Å². The molecule has 2 atom stereocenters. The minimum absolute atomic E-state index is 0.0341. The molecular formula is C17H17F3N6O4. The monoisotopic (exact) mass is 426 g/mol. The highest BCUT2D eigenvalue weighted by atomic mass is 19.4. The minimum Gasteiger partial charge on any atom is -0.475 e. The Morgan fingerprint density at radius 2 is 1.80 bits per heavy atom. The molecule has 30 heavy (non-hydrogen) atoms. The van der Waals surface area contributed by atoms with Crippen LogP contribution in [0.1, 0.15) is 10.5 Å². The molecular weight excluding hydrogens is 409 g/mol. The van der Waals surface area contributed by atoms with Crippen LogP contribution < -0.4 is 4.90 Å². The molecule has 13 heteroatoms. The zero-order valence-corrected chi connectivity index (χ0v) is 15.4. The van der Waals surface area contributed by atoms with Crippen molar-refractivity contribution in [1.29, 1.82) is 0 Å². The summed E-state index contributed by atoms with van der Waals surface area (Å²) in [5, 5.41) is 7.12. The Bertz CT molecular complexity index is 871. The van der Waals surface area contributed by atoms with Crippen LogP contribution >= 0.6 is 0 Å². The number of aromatic nitrogens is 4. The fourth-order valence-corrected chi connectivity index (χ4v) is 3.11. The van der Waals surface area contributed by atoms with Crippen molar-refractivity contribution >= 4 is 17.8 Å². The smallest absolute Gasteiger partial charge is 0.475 e. The van der Waals surface area contributed by atoms with E-state index >= 15 is 0 Å². The number of amides is 1. The molecule has 0 spiro atoms. The normalized spacial score (nSPS) is 20.8. The fourth-order valence-electron chi connectivity index (χ4n) is 3.11. The summed E-state index contributed by atoms with van der Waals surface area (Å²) < 4.78 is 37.6. The first kappa shape index (κ1) is 21.4. The molecule has 2 aliphatic rings. The molecule has 2 aliphatic heterocycles. The first-order valence-electron chi connectivity index (χ1n) is 8.78. The molecule has 4 rings (SSSR count). The van der Waals surface area contributed by atoms with E-state index in [1.807, 2.05) is 0 Å². The van der Waals surface area contributed by atoms with Crippen LogP contribution in [-0.2, 0) is 9.53 Å². The van der Waals surface area contributed by atoms with E-state index in [0.29, 0.717) is 31.3 Å². The van der Waals surface area contributed by atoms with Gasteiger partial charge in [-0.3, -0.25) is 9.78 Å². The number of alkyl halides is 3. The Kier molecular flexibility index (Phi) is 6.40. The lowest BCUT2D eigenvalue weighted by Crippen LogP contribution is -2.51. The Hall–Kier alpha value is -3.35. The Morgan fingerprint density at radius 3 is 2.40 bits per heavy atom. The number of aliphatic carboxylic acids is 1. The van der Waals surface area contributed by atoms with Gasteiger partial charge in [0.05, 0.1) is 24.9 Å². The van der Waals surface area contributed by atoms with E-state index in [1.165, 1.54) is 12.4 Å². The number of rotatable bonds is 2. The molecule has 4 heterocycles.